The fraction of sp³-hybridized carbons (Fsp3) is 0.400. The molecule has 0 fully saturated rings. The zero-order valence-corrected chi connectivity index (χ0v) is 13.1. The van der Waals surface area contributed by atoms with Crippen LogP contribution in [-0.2, 0) is 12.8 Å². The maximum absolute atomic E-state index is 6.01. The smallest absolute Gasteiger partial charge is 0.127 e. The van der Waals surface area contributed by atoms with Gasteiger partial charge < -0.3 is 4.74 Å². The van der Waals surface area contributed by atoms with Gasteiger partial charge in [-0.05, 0) is 61.4 Å². The number of benzene rings is 2. The summed E-state index contributed by atoms with van der Waals surface area (Å²) in [6.45, 7) is 5.14. The minimum atomic E-state index is 0.803. The Labute approximate surface area is 128 Å². The lowest BCUT2D eigenvalue weighted by molar-refractivity contribution is 0.310. The first-order valence-corrected chi connectivity index (χ1v) is 8.13. The molecule has 0 aliphatic heterocycles. The molecule has 21 heavy (non-hydrogen) atoms. The van der Waals surface area contributed by atoms with E-state index in [0.717, 1.165) is 18.8 Å². The molecule has 0 bridgehead atoms. The third-order valence-electron chi connectivity index (χ3n) is 4.30. The lowest BCUT2D eigenvalue weighted by atomic mass is 9.98. The number of ether oxygens (including phenoxy) is 1. The summed E-state index contributed by atoms with van der Waals surface area (Å²) in [4.78, 5) is 0. The quantitative estimate of drug-likeness (QED) is 0.673. The van der Waals surface area contributed by atoms with E-state index in [1.165, 1.54) is 53.5 Å². The zero-order chi connectivity index (χ0) is 14.7. The monoisotopic (exact) mass is 280 g/mol. The molecule has 110 valence electrons. The Morgan fingerprint density at radius 3 is 2.71 bits per heavy atom. The van der Waals surface area contributed by atoms with Gasteiger partial charge in [-0.25, -0.2) is 0 Å². The van der Waals surface area contributed by atoms with E-state index in [1.807, 2.05) is 0 Å². The highest BCUT2D eigenvalue weighted by molar-refractivity contribution is 5.72. The van der Waals surface area contributed by atoms with Crippen LogP contribution in [0.5, 0.6) is 5.75 Å². The first-order valence-electron chi connectivity index (χ1n) is 8.13. The van der Waals surface area contributed by atoms with Crippen LogP contribution in [0.3, 0.4) is 0 Å². The van der Waals surface area contributed by atoms with Crippen molar-refractivity contribution in [1.82, 2.24) is 0 Å². The number of hydrogen-bond acceptors (Lipinski definition) is 1. The van der Waals surface area contributed by atoms with Crippen LogP contribution in [-0.4, -0.2) is 6.61 Å². The van der Waals surface area contributed by atoms with E-state index in [1.54, 1.807) is 0 Å². The molecule has 0 radical (unpaired) electrons. The molecule has 0 amide bonds. The topological polar surface area (TPSA) is 9.23 Å². The molecule has 0 N–H and O–H groups in total. The maximum atomic E-state index is 6.01. The summed E-state index contributed by atoms with van der Waals surface area (Å²) in [7, 11) is 0. The Kier molecular flexibility index (Phi) is 4.28. The van der Waals surface area contributed by atoms with Crippen LogP contribution in [0.2, 0.25) is 0 Å². The van der Waals surface area contributed by atoms with Gasteiger partial charge in [0.2, 0.25) is 0 Å². The molecule has 2 aromatic carbocycles. The molecule has 1 heteroatoms. The second-order valence-corrected chi connectivity index (χ2v) is 6.04. The van der Waals surface area contributed by atoms with E-state index >= 15 is 0 Å². The highest BCUT2D eigenvalue weighted by Gasteiger charge is 2.13. The molecular formula is C20H24O. The van der Waals surface area contributed by atoms with E-state index in [4.69, 9.17) is 4.74 Å². The van der Waals surface area contributed by atoms with Gasteiger partial charge in [0.05, 0.1) is 6.61 Å². The predicted molar refractivity (Wildman–Crippen MR) is 89.0 cm³/mol. The van der Waals surface area contributed by atoms with Crippen molar-refractivity contribution in [3.63, 3.8) is 0 Å². The van der Waals surface area contributed by atoms with Crippen LogP contribution in [0, 0.1) is 6.92 Å². The first kappa shape index (κ1) is 14.2. The normalized spacial score (nSPS) is 13.2. The second kappa shape index (κ2) is 6.34. The Hall–Kier alpha value is -1.76. The average molecular weight is 280 g/mol. The first-order chi connectivity index (χ1) is 10.3. The van der Waals surface area contributed by atoms with E-state index in [9.17, 15) is 0 Å². The SMILES string of the molecule is CCCCOc1ccc(C)cc1-c1ccc2c(c1)CCC2. The van der Waals surface area contributed by atoms with Gasteiger partial charge in [0.25, 0.3) is 0 Å². The third kappa shape index (κ3) is 3.12. The van der Waals surface area contributed by atoms with Gasteiger partial charge in [-0.1, -0.05) is 43.2 Å². The largest absolute Gasteiger partial charge is 0.493 e. The van der Waals surface area contributed by atoms with Crippen LogP contribution in [0.15, 0.2) is 36.4 Å². The van der Waals surface area contributed by atoms with Gasteiger partial charge >= 0.3 is 0 Å². The fourth-order valence-corrected chi connectivity index (χ4v) is 3.06. The van der Waals surface area contributed by atoms with Crippen molar-refractivity contribution in [2.75, 3.05) is 6.61 Å². The Bertz CT molecular complexity index is 628. The zero-order valence-electron chi connectivity index (χ0n) is 13.1. The number of rotatable bonds is 5. The van der Waals surface area contributed by atoms with E-state index in [-0.39, 0.29) is 0 Å². The van der Waals surface area contributed by atoms with Gasteiger partial charge in [-0.15, -0.1) is 0 Å². The summed E-state index contributed by atoms with van der Waals surface area (Å²) < 4.78 is 6.01. The lowest BCUT2D eigenvalue weighted by Gasteiger charge is -2.13. The van der Waals surface area contributed by atoms with Gasteiger partial charge in [0.15, 0.2) is 0 Å². The molecule has 0 heterocycles. The number of unbranched alkanes of at least 4 members (excludes halogenated alkanes) is 1. The number of aryl methyl sites for hydroxylation is 3. The molecule has 0 saturated heterocycles. The molecule has 0 saturated carbocycles. The van der Waals surface area contributed by atoms with Crippen molar-refractivity contribution < 1.29 is 4.74 Å². The molecule has 3 rings (SSSR count). The van der Waals surface area contributed by atoms with Crippen LogP contribution < -0.4 is 4.74 Å². The Morgan fingerprint density at radius 2 is 1.86 bits per heavy atom. The van der Waals surface area contributed by atoms with Gasteiger partial charge in [0, 0.05) is 5.56 Å². The third-order valence-corrected chi connectivity index (χ3v) is 4.30. The van der Waals surface area contributed by atoms with E-state index in [0.29, 0.717) is 0 Å². The van der Waals surface area contributed by atoms with Crippen LogP contribution in [0.4, 0.5) is 0 Å². The molecule has 1 nitrogen and oxygen atoms in total. The minimum Gasteiger partial charge on any atom is -0.493 e. The van der Waals surface area contributed by atoms with Crippen molar-refractivity contribution in [2.45, 2.75) is 46.0 Å². The summed E-state index contributed by atoms with van der Waals surface area (Å²) in [5.41, 5.74) is 6.87. The van der Waals surface area contributed by atoms with Gasteiger partial charge in [0.1, 0.15) is 5.75 Å². The van der Waals surface area contributed by atoms with Crippen molar-refractivity contribution >= 4 is 0 Å². The molecule has 0 aromatic heterocycles. The van der Waals surface area contributed by atoms with Crippen molar-refractivity contribution in [1.29, 1.82) is 0 Å². The van der Waals surface area contributed by atoms with Gasteiger partial charge in [-0.2, -0.15) is 0 Å². The van der Waals surface area contributed by atoms with E-state index < -0.39 is 0 Å². The summed E-state index contributed by atoms with van der Waals surface area (Å²) >= 11 is 0. The maximum Gasteiger partial charge on any atom is 0.127 e. The van der Waals surface area contributed by atoms with Gasteiger partial charge in [-0.3, -0.25) is 0 Å². The lowest BCUT2D eigenvalue weighted by Crippen LogP contribution is -1.98. The van der Waals surface area contributed by atoms with Crippen LogP contribution >= 0.6 is 0 Å². The number of fused-ring (bicyclic) bond motifs is 1. The standard InChI is InChI=1S/C20H24O/c1-3-4-12-21-20-11-8-15(2)13-19(20)18-10-9-16-6-5-7-17(16)14-18/h8-11,13-14H,3-7,12H2,1-2H3. The van der Waals surface area contributed by atoms with Crippen molar-refractivity contribution in [3.05, 3.63) is 53.1 Å². The molecule has 2 aromatic rings. The predicted octanol–water partition coefficient (Wildman–Crippen LogP) is 5.33. The molecule has 1 aliphatic carbocycles. The molecule has 0 unspecified atom stereocenters. The Morgan fingerprint density at radius 1 is 1.00 bits per heavy atom. The fourth-order valence-electron chi connectivity index (χ4n) is 3.06. The second-order valence-electron chi connectivity index (χ2n) is 6.04. The Balaban J connectivity index is 1.94. The van der Waals surface area contributed by atoms with Crippen molar-refractivity contribution in [3.8, 4) is 16.9 Å². The molecule has 0 atom stereocenters. The highest BCUT2D eigenvalue weighted by atomic mass is 16.5. The molecular weight excluding hydrogens is 256 g/mol. The van der Waals surface area contributed by atoms with Crippen LogP contribution in [0.1, 0.15) is 42.9 Å². The molecule has 1 aliphatic rings. The summed E-state index contributed by atoms with van der Waals surface area (Å²) in [5.74, 6) is 1.02. The van der Waals surface area contributed by atoms with Crippen molar-refractivity contribution in [2.24, 2.45) is 0 Å². The van der Waals surface area contributed by atoms with Crippen LogP contribution in [0.25, 0.3) is 11.1 Å². The highest BCUT2D eigenvalue weighted by Crippen LogP contribution is 2.34. The summed E-state index contributed by atoms with van der Waals surface area (Å²) in [5, 5.41) is 0. The number of hydrogen-bond donors (Lipinski definition) is 0. The minimum absolute atomic E-state index is 0.803. The van der Waals surface area contributed by atoms with E-state index in [2.05, 4.69) is 50.2 Å². The average Bonchev–Trinajstić information content (AvgIpc) is 2.96. The summed E-state index contributed by atoms with van der Waals surface area (Å²) in [6.07, 6.45) is 6.04. The molecule has 0 spiro atoms. The summed E-state index contributed by atoms with van der Waals surface area (Å²) in [6, 6.07) is 13.4.